The minimum absolute atomic E-state index is 0.214. The second kappa shape index (κ2) is 6.95. The minimum atomic E-state index is 0.214. The lowest BCUT2D eigenvalue weighted by atomic mass is 10.1. The largest absolute Gasteiger partial charge is 0.464 e. The predicted octanol–water partition coefficient (Wildman–Crippen LogP) is 5.23. The molecule has 2 fully saturated rings. The van der Waals surface area contributed by atoms with Gasteiger partial charge in [0.05, 0.1) is 12.5 Å². The molecular formula is C24H23NO3. The lowest BCUT2D eigenvalue weighted by molar-refractivity contribution is -0.108. The molecule has 6 rings (SSSR count). The predicted molar refractivity (Wildman–Crippen MR) is 109 cm³/mol. The van der Waals surface area contributed by atoms with Crippen LogP contribution < -0.4 is 5.73 Å². The monoisotopic (exact) mass is 373 g/mol. The quantitative estimate of drug-likeness (QED) is 0.497. The molecule has 0 amide bonds. The summed E-state index contributed by atoms with van der Waals surface area (Å²) in [6.45, 7) is 0.793. The van der Waals surface area contributed by atoms with E-state index < -0.39 is 0 Å². The third kappa shape index (κ3) is 3.04. The summed E-state index contributed by atoms with van der Waals surface area (Å²) in [5.74, 6) is 1.91. The standard InChI is InChI=1S/C12H13NO.C12H10O2/c2*13-7-9-6-11(9)10-3-1-2-8-4-5-14-12(8)10/h1-5,9,11H,6-7,13H2;1-5,7,9,11H,6H2/t2*9-,11+/m00/s1. The van der Waals surface area contributed by atoms with Crippen molar-refractivity contribution < 1.29 is 13.6 Å². The third-order valence-corrected chi connectivity index (χ3v) is 6.06. The SMILES string of the molecule is NC[C@@H]1C[C@H]1c1cccc2ccoc12.O=C[C@@H]1C[C@H]1c1cccc2ccoc12. The lowest BCUT2D eigenvalue weighted by Crippen LogP contribution is -2.01. The molecule has 0 radical (unpaired) electrons. The summed E-state index contributed by atoms with van der Waals surface area (Å²) in [5.41, 5.74) is 10.2. The second-order valence-corrected chi connectivity index (χ2v) is 7.85. The Balaban J connectivity index is 0.000000122. The Bertz CT molecular complexity index is 1130. The van der Waals surface area contributed by atoms with Gasteiger partial charge in [0.15, 0.2) is 0 Å². The number of hydrogen-bond acceptors (Lipinski definition) is 4. The maximum Gasteiger partial charge on any atom is 0.137 e. The molecule has 2 aromatic carbocycles. The first kappa shape index (κ1) is 17.3. The Kier molecular flexibility index (Phi) is 4.29. The molecule has 142 valence electrons. The summed E-state index contributed by atoms with van der Waals surface area (Å²) in [4.78, 5) is 10.6. The number of carbonyl (C=O) groups is 1. The van der Waals surface area contributed by atoms with Gasteiger partial charge in [0, 0.05) is 16.7 Å². The molecule has 0 unspecified atom stereocenters. The van der Waals surface area contributed by atoms with Gasteiger partial charge < -0.3 is 19.4 Å². The van der Waals surface area contributed by atoms with Crippen LogP contribution in [0.3, 0.4) is 0 Å². The zero-order valence-electron chi connectivity index (χ0n) is 15.6. The fourth-order valence-corrected chi connectivity index (χ4v) is 4.23. The highest BCUT2D eigenvalue weighted by Crippen LogP contribution is 2.49. The molecule has 2 aliphatic carbocycles. The topological polar surface area (TPSA) is 69.4 Å². The van der Waals surface area contributed by atoms with Crippen LogP contribution in [0.25, 0.3) is 21.9 Å². The molecule has 4 atom stereocenters. The fourth-order valence-electron chi connectivity index (χ4n) is 4.23. The van der Waals surface area contributed by atoms with Crippen molar-refractivity contribution in [3.05, 3.63) is 72.2 Å². The Morgan fingerprint density at radius 1 is 0.857 bits per heavy atom. The Hall–Kier alpha value is -2.85. The van der Waals surface area contributed by atoms with Crippen molar-refractivity contribution in [3.8, 4) is 0 Å². The number of aldehydes is 1. The smallest absolute Gasteiger partial charge is 0.137 e. The van der Waals surface area contributed by atoms with Gasteiger partial charge in [0.1, 0.15) is 17.5 Å². The van der Waals surface area contributed by atoms with E-state index in [0.717, 1.165) is 35.8 Å². The number of rotatable bonds is 4. The number of nitrogens with two attached hydrogens (primary N) is 1. The van der Waals surface area contributed by atoms with Gasteiger partial charge in [-0.25, -0.2) is 0 Å². The fraction of sp³-hybridized carbons (Fsp3) is 0.292. The molecule has 0 spiro atoms. The maximum absolute atomic E-state index is 10.6. The van der Waals surface area contributed by atoms with Crippen molar-refractivity contribution in [1.29, 1.82) is 0 Å². The zero-order valence-corrected chi connectivity index (χ0v) is 15.6. The Morgan fingerprint density at radius 3 is 1.96 bits per heavy atom. The van der Waals surface area contributed by atoms with Crippen molar-refractivity contribution in [2.24, 2.45) is 17.6 Å². The number of fused-ring (bicyclic) bond motifs is 2. The van der Waals surface area contributed by atoms with Crippen LogP contribution in [0.5, 0.6) is 0 Å². The highest BCUT2D eigenvalue weighted by molar-refractivity contribution is 5.82. The first-order valence-corrected chi connectivity index (χ1v) is 9.87. The summed E-state index contributed by atoms with van der Waals surface area (Å²) in [5, 5.41) is 2.32. The van der Waals surface area contributed by atoms with Crippen LogP contribution in [0, 0.1) is 11.8 Å². The Morgan fingerprint density at radius 2 is 1.46 bits per heavy atom. The lowest BCUT2D eigenvalue weighted by Gasteiger charge is -1.99. The molecule has 2 aromatic heterocycles. The van der Waals surface area contributed by atoms with Crippen LogP contribution in [0.4, 0.5) is 0 Å². The molecule has 4 aromatic rings. The van der Waals surface area contributed by atoms with Crippen molar-refractivity contribution in [2.75, 3.05) is 6.54 Å². The molecule has 2 saturated carbocycles. The van der Waals surface area contributed by atoms with Crippen LogP contribution in [-0.2, 0) is 4.79 Å². The molecule has 2 heterocycles. The number of benzene rings is 2. The van der Waals surface area contributed by atoms with E-state index in [1.54, 1.807) is 12.5 Å². The van der Waals surface area contributed by atoms with Gasteiger partial charge in [-0.3, -0.25) is 0 Å². The molecule has 2 aliphatic rings. The molecule has 0 saturated heterocycles. The van der Waals surface area contributed by atoms with E-state index in [2.05, 4.69) is 24.3 Å². The first-order chi connectivity index (χ1) is 13.8. The van der Waals surface area contributed by atoms with Gasteiger partial charge in [-0.2, -0.15) is 0 Å². The first-order valence-electron chi connectivity index (χ1n) is 9.87. The van der Waals surface area contributed by atoms with E-state index in [1.165, 1.54) is 22.9 Å². The van der Waals surface area contributed by atoms with Gasteiger partial charge in [0.25, 0.3) is 0 Å². The zero-order chi connectivity index (χ0) is 19.1. The number of carbonyl (C=O) groups excluding carboxylic acids is 1. The van der Waals surface area contributed by atoms with Gasteiger partial charge in [-0.1, -0.05) is 36.4 Å². The minimum Gasteiger partial charge on any atom is -0.464 e. The van der Waals surface area contributed by atoms with E-state index >= 15 is 0 Å². The molecule has 28 heavy (non-hydrogen) atoms. The van der Waals surface area contributed by atoms with Crippen LogP contribution in [0.1, 0.15) is 35.8 Å². The highest BCUT2D eigenvalue weighted by Gasteiger charge is 2.39. The Labute approximate surface area is 163 Å². The average Bonchev–Trinajstić information content (AvgIpc) is 3.58. The van der Waals surface area contributed by atoms with Crippen LogP contribution >= 0.6 is 0 Å². The summed E-state index contributed by atoms with van der Waals surface area (Å²) in [6, 6.07) is 16.4. The molecule has 0 aliphatic heterocycles. The molecule has 2 N–H and O–H groups in total. The second-order valence-electron chi connectivity index (χ2n) is 7.85. The number of furan rings is 2. The van der Waals surface area contributed by atoms with Crippen molar-refractivity contribution in [1.82, 2.24) is 0 Å². The van der Waals surface area contributed by atoms with E-state index in [1.807, 2.05) is 24.3 Å². The van der Waals surface area contributed by atoms with Gasteiger partial charge in [0.2, 0.25) is 0 Å². The van der Waals surface area contributed by atoms with Crippen LogP contribution in [-0.4, -0.2) is 12.8 Å². The van der Waals surface area contributed by atoms with Crippen LogP contribution in [0.15, 0.2) is 69.9 Å². The van der Waals surface area contributed by atoms with Gasteiger partial charge >= 0.3 is 0 Å². The van der Waals surface area contributed by atoms with E-state index in [4.69, 9.17) is 14.6 Å². The molecular weight excluding hydrogens is 350 g/mol. The highest BCUT2D eigenvalue weighted by atomic mass is 16.3. The molecule has 0 bridgehead atoms. The van der Waals surface area contributed by atoms with Crippen molar-refractivity contribution in [2.45, 2.75) is 24.7 Å². The number of para-hydroxylation sites is 2. The van der Waals surface area contributed by atoms with Crippen LogP contribution in [0.2, 0.25) is 0 Å². The number of hydrogen-bond donors (Lipinski definition) is 1. The summed E-state index contributed by atoms with van der Waals surface area (Å²) >= 11 is 0. The van der Waals surface area contributed by atoms with Crippen molar-refractivity contribution in [3.63, 3.8) is 0 Å². The van der Waals surface area contributed by atoms with Gasteiger partial charge in [-0.05, 0) is 60.4 Å². The molecule has 4 heteroatoms. The average molecular weight is 373 g/mol. The van der Waals surface area contributed by atoms with Gasteiger partial charge in [-0.15, -0.1) is 0 Å². The normalized spacial score (nSPS) is 25.3. The third-order valence-electron chi connectivity index (χ3n) is 6.06. The summed E-state index contributed by atoms with van der Waals surface area (Å²) < 4.78 is 10.9. The van der Waals surface area contributed by atoms with E-state index in [9.17, 15) is 4.79 Å². The maximum atomic E-state index is 10.6. The molecule has 4 nitrogen and oxygen atoms in total. The van der Waals surface area contributed by atoms with E-state index in [0.29, 0.717) is 17.8 Å². The van der Waals surface area contributed by atoms with E-state index in [-0.39, 0.29) is 5.92 Å². The summed E-state index contributed by atoms with van der Waals surface area (Å²) in [6.07, 6.45) is 6.70. The van der Waals surface area contributed by atoms with Crippen molar-refractivity contribution >= 4 is 28.2 Å². The summed E-state index contributed by atoms with van der Waals surface area (Å²) in [7, 11) is 0.